The van der Waals surface area contributed by atoms with Crippen LogP contribution in [0.1, 0.15) is 21.5 Å². The van der Waals surface area contributed by atoms with Crippen molar-refractivity contribution in [3.8, 4) is 0 Å². The van der Waals surface area contributed by atoms with Crippen LogP contribution >= 0.6 is 0 Å². The maximum atomic E-state index is 13.4. The van der Waals surface area contributed by atoms with Gasteiger partial charge in [-0.15, -0.1) is 5.10 Å². The minimum Gasteiger partial charge on any atom is -0.382 e. The van der Waals surface area contributed by atoms with E-state index in [2.05, 4.69) is 35.7 Å². The van der Waals surface area contributed by atoms with Gasteiger partial charge >= 0.3 is 0 Å². The summed E-state index contributed by atoms with van der Waals surface area (Å²) in [7, 11) is 0. The van der Waals surface area contributed by atoms with Crippen LogP contribution in [0.25, 0.3) is 5.52 Å². The quantitative estimate of drug-likeness (QED) is 0.143. The van der Waals surface area contributed by atoms with Gasteiger partial charge in [-0.25, -0.2) is 4.52 Å². The number of fused-ring (bicyclic) bond motifs is 1. The first-order valence-corrected chi connectivity index (χ1v) is 13.4. The molecule has 3 aliphatic heterocycles. The first-order chi connectivity index (χ1) is 19.5. The lowest BCUT2D eigenvalue weighted by Crippen LogP contribution is -2.56. The third-order valence-electron chi connectivity index (χ3n) is 7.75. The summed E-state index contributed by atoms with van der Waals surface area (Å²) in [4.78, 5) is 30.5. The molecular weight excluding hydrogens is 512 g/mol. The summed E-state index contributed by atoms with van der Waals surface area (Å²) in [6.45, 7) is 8.46. The van der Waals surface area contributed by atoms with Gasteiger partial charge in [0.15, 0.2) is 5.84 Å². The number of pyridine rings is 1. The van der Waals surface area contributed by atoms with Gasteiger partial charge in [0.2, 0.25) is 6.41 Å². The van der Waals surface area contributed by atoms with E-state index in [1.165, 1.54) is 0 Å². The van der Waals surface area contributed by atoms with Crippen LogP contribution in [0.3, 0.4) is 0 Å². The standard InChI is InChI=1S/C27H32N10O3/c1-18-2-3-19(26(28)32-33-31-20-13-34(14-20)17-38)10-24(18)30-27(39)23-12-29-37-5-4-21(11-25(23)37)35-6-8-36(9-7-35)22-15-40-16-22/h2-5,10-12,17,20,22H,6-9,13-16H2,1H3,(H,30,39)(H2,28,31,32). The van der Waals surface area contributed by atoms with Gasteiger partial charge in [-0.3, -0.25) is 14.5 Å². The monoisotopic (exact) mass is 544 g/mol. The van der Waals surface area contributed by atoms with E-state index < -0.39 is 0 Å². The lowest BCUT2D eigenvalue weighted by atomic mass is 10.1. The zero-order chi connectivity index (χ0) is 27.6. The molecule has 13 nitrogen and oxygen atoms in total. The molecule has 3 aliphatic rings. The number of rotatable bonds is 8. The maximum Gasteiger partial charge on any atom is 0.259 e. The molecular formula is C27H32N10O3. The van der Waals surface area contributed by atoms with Crippen molar-refractivity contribution in [2.24, 2.45) is 21.2 Å². The molecule has 208 valence electrons. The Balaban J connectivity index is 1.14. The Kier molecular flexibility index (Phi) is 7.13. The Bertz CT molecular complexity index is 1470. The molecule has 3 fully saturated rings. The van der Waals surface area contributed by atoms with Crippen molar-refractivity contribution in [2.45, 2.75) is 19.0 Å². The summed E-state index contributed by atoms with van der Waals surface area (Å²) in [6, 6.07) is 10.00. The molecule has 0 atom stereocenters. The van der Waals surface area contributed by atoms with E-state index >= 15 is 0 Å². The molecule has 1 aromatic carbocycles. The Morgan fingerprint density at radius 3 is 2.67 bits per heavy atom. The van der Waals surface area contributed by atoms with Gasteiger partial charge in [0.25, 0.3) is 5.91 Å². The highest BCUT2D eigenvalue weighted by atomic mass is 16.5. The molecule has 3 saturated heterocycles. The number of likely N-dealkylation sites (tertiary alicyclic amines) is 1. The van der Waals surface area contributed by atoms with Gasteiger partial charge in [0.05, 0.1) is 36.5 Å². The zero-order valence-corrected chi connectivity index (χ0v) is 22.3. The number of hydrogen-bond acceptors (Lipinski definition) is 8. The summed E-state index contributed by atoms with van der Waals surface area (Å²) >= 11 is 0. The van der Waals surface area contributed by atoms with Crippen LogP contribution in [-0.2, 0) is 9.53 Å². The fourth-order valence-corrected chi connectivity index (χ4v) is 5.08. The summed E-state index contributed by atoms with van der Waals surface area (Å²) in [6.07, 6.45) is 4.27. The number of amides is 2. The third kappa shape index (κ3) is 5.25. The van der Waals surface area contributed by atoms with E-state index in [1.807, 2.05) is 37.4 Å². The van der Waals surface area contributed by atoms with Gasteiger partial charge in [0.1, 0.15) is 6.04 Å². The van der Waals surface area contributed by atoms with Crippen molar-refractivity contribution in [1.82, 2.24) is 19.4 Å². The van der Waals surface area contributed by atoms with Crippen molar-refractivity contribution >= 4 is 35.0 Å². The average Bonchev–Trinajstić information content (AvgIpc) is 3.34. The fraction of sp³-hybridized carbons (Fsp3) is 0.407. The maximum absolute atomic E-state index is 13.4. The first-order valence-electron chi connectivity index (χ1n) is 13.4. The van der Waals surface area contributed by atoms with Crippen LogP contribution in [0.4, 0.5) is 11.4 Å². The number of aryl methyl sites for hydroxylation is 1. The highest BCUT2D eigenvalue weighted by Crippen LogP contribution is 2.24. The van der Waals surface area contributed by atoms with Gasteiger partial charge in [0, 0.05) is 62.4 Å². The predicted octanol–water partition coefficient (Wildman–Crippen LogP) is 1.33. The van der Waals surface area contributed by atoms with E-state index in [1.54, 1.807) is 21.7 Å². The molecule has 40 heavy (non-hydrogen) atoms. The number of aromatic nitrogens is 2. The van der Waals surface area contributed by atoms with Crippen molar-refractivity contribution < 1.29 is 14.3 Å². The van der Waals surface area contributed by atoms with Crippen LogP contribution in [0, 0.1) is 6.92 Å². The second-order valence-electron chi connectivity index (χ2n) is 10.4. The molecule has 0 aliphatic carbocycles. The third-order valence-corrected chi connectivity index (χ3v) is 7.75. The minimum absolute atomic E-state index is 0.0620. The molecule has 5 heterocycles. The van der Waals surface area contributed by atoms with E-state index in [-0.39, 0.29) is 17.8 Å². The molecule has 0 unspecified atom stereocenters. The number of carbonyl (C=O) groups is 2. The SMILES string of the molecule is Cc1ccc(/C(N)=N/N=NC2CN(C=O)C2)cc1NC(=O)c1cnn2ccc(N3CCN(C4COC4)CC3)cc12. The Morgan fingerprint density at radius 2 is 1.95 bits per heavy atom. The average molecular weight is 545 g/mol. The van der Waals surface area contributed by atoms with Gasteiger partial charge in [-0.05, 0) is 35.9 Å². The zero-order valence-electron chi connectivity index (χ0n) is 22.3. The van der Waals surface area contributed by atoms with Crippen LogP contribution in [0.2, 0.25) is 0 Å². The highest BCUT2D eigenvalue weighted by Gasteiger charge is 2.29. The number of nitrogens with one attached hydrogen (secondary N) is 1. The molecule has 0 saturated carbocycles. The lowest BCUT2D eigenvalue weighted by molar-refractivity contribution is -0.121. The second-order valence-corrected chi connectivity index (χ2v) is 10.4. The summed E-state index contributed by atoms with van der Waals surface area (Å²) in [5.41, 5.74) is 10.5. The van der Waals surface area contributed by atoms with Crippen LogP contribution in [0.15, 0.2) is 58.2 Å². The number of piperazine rings is 1. The number of nitrogens with two attached hydrogens (primary N) is 1. The highest BCUT2D eigenvalue weighted by molar-refractivity contribution is 6.10. The lowest BCUT2D eigenvalue weighted by Gasteiger charge is -2.43. The van der Waals surface area contributed by atoms with Gasteiger partial charge < -0.3 is 25.6 Å². The van der Waals surface area contributed by atoms with Crippen molar-refractivity contribution in [3.05, 3.63) is 59.4 Å². The van der Waals surface area contributed by atoms with E-state index in [4.69, 9.17) is 10.5 Å². The Hall–Kier alpha value is -4.36. The summed E-state index contributed by atoms with van der Waals surface area (Å²) in [5.74, 6) is -0.0847. The van der Waals surface area contributed by atoms with Crippen molar-refractivity contribution in [3.63, 3.8) is 0 Å². The van der Waals surface area contributed by atoms with E-state index in [9.17, 15) is 9.59 Å². The number of hydrogen-bond donors (Lipinski definition) is 2. The van der Waals surface area contributed by atoms with Gasteiger partial charge in [-0.1, -0.05) is 12.1 Å². The number of amidine groups is 1. The first kappa shape index (κ1) is 25.9. The number of ether oxygens (including phenoxy) is 1. The molecule has 0 spiro atoms. The minimum atomic E-state index is -0.262. The van der Waals surface area contributed by atoms with E-state index in [0.29, 0.717) is 35.9 Å². The van der Waals surface area contributed by atoms with Crippen LogP contribution in [-0.4, -0.2) is 102 Å². The number of carbonyl (C=O) groups excluding carboxylic acids is 2. The number of nitrogens with zero attached hydrogens (tertiary/aromatic N) is 8. The second kappa shape index (κ2) is 11.0. The van der Waals surface area contributed by atoms with Gasteiger partial charge in [-0.2, -0.15) is 10.2 Å². The summed E-state index contributed by atoms with van der Waals surface area (Å²) in [5, 5.41) is 19.3. The Labute approximate surface area is 231 Å². The molecule has 13 heteroatoms. The molecule has 6 rings (SSSR count). The molecule has 3 N–H and O–H groups in total. The molecule has 2 aromatic heterocycles. The predicted molar refractivity (Wildman–Crippen MR) is 150 cm³/mol. The fourth-order valence-electron chi connectivity index (χ4n) is 5.08. The number of benzene rings is 1. The molecule has 0 bridgehead atoms. The smallest absolute Gasteiger partial charge is 0.259 e. The van der Waals surface area contributed by atoms with E-state index in [0.717, 1.165) is 62.6 Å². The topological polar surface area (TPSA) is 146 Å². The van der Waals surface area contributed by atoms with Crippen LogP contribution in [0.5, 0.6) is 0 Å². The normalized spacial score (nSPS) is 19.2. The Morgan fingerprint density at radius 1 is 1.15 bits per heavy atom. The molecule has 0 radical (unpaired) electrons. The number of anilines is 2. The largest absolute Gasteiger partial charge is 0.382 e. The van der Waals surface area contributed by atoms with Crippen molar-refractivity contribution in [1.29, 1.82) is 0 Å². The molecule has 3 aromatic rings. The van der Waals surface area contributed by atoms with Crippen molar-refractivity contribution in [2.75, 3.05) is 62.7 Å². The van der Waals surface area contributed by atoms with Crippen LogP contribution < -0.4 is 16.0 Å². The summed E-state index contributed by atoms with van der Waals surface area (Å²) < 4.78 is 7.06. The molecule has 2 amide bonds.